The molecule has 1 aromatic carbocycles. The van der Waals surface area contributed by atoms with E-state index in [-0.39, 0.29) is 5.82 Å². The van der Waals surface area contributed by atoms with Gasteiger partial charge in [-0.2, -0.15) is 4.39 Å². The van der Waals surface area contributed by atoms with E-state index in [1.807, 2.05) is 0 Å². The van der Waals surface area contributed by atoms with Gasteiger partial charge in [0, 0.05) is 4.47 Å². The number of nitrogens with one attached hydrogen (secondary N) is 1. The van der Waals surface area contributed by atoms with Crippen LogP contribution in [0, 0.1) is 11.8 Å². The van der Waals surface area contributed by atoms with Crippen molar-refractivity contribution in [3.63, 3.8) is 0 Å². The molecule has 5 heteroatoms. The van der Waals surface area contributed by atoms with Gasteiger partial charge in [0.25, 0.3) is 0 Å². The van der Waals surface area contributed by atoms with Gasteiger partial charge in [-0.25, -0.2) is 9.37 Å². The molecule has 0 aliphatic heterocycles. The van der Waals surface area contributed by atoms with Crippen LogP contribution >= 0.6 is 15.9 Å². The lowest BCUT2D eigenvalue weighted by atomic mass is 10.3. The van der Waals surface area contributed by atoms with E-state index in [4.69, 9.17) is 0 Å². The highest BCUT2D eigenvalue weighted by Gasteiger charge is 2.03. The molecule has 0 saturated heterocycles. The maximum Gasteiger partial charge on any atom is 0.214 e. The first-order chi connectivity index (χ1) is 7.65. The largest absolute Gasteiger partial charge is 0.339 e. The Bertz CT molecular complexity index is 517. The van der Waals surface area contributed by atoms with Gasteiger partial charge in [0.05, 0.1) is 5.69 Å². The molecular weight excluding hydrogens is 278 g/mol. The highest BCUT2D eigenvalue weighted by atomic mass is 79.9. The van der Waals surface area contributed by atoms with Crippen molar-refractivity contribution in [2.75, 3.05) is 5.32 Å². The molecule has 0 unspecified atom stereocenters. The first-order valence-corrected chi connectivity index (χ1v) is 5.29. The average Bonchev–Trinajstić information content (AvgIpc) is 2.22. The third-order valence-corrected chi connectivity index (χ3v) is 2.57. The summed E-state index contributed by atoms with van der Waals surface area (Å²) in [5, 5.41) is 2.88. The van der Waals surface area contributed by atoms with Crippen LogP contribution in [0.4, 0.5) is 20.3 Å². The van der Waals surface area contributed by atoms with Crippen LogP contribution in [-0.2, 0) is 0 Å². The fourth-order valence-corrected chi connectivity index (χ4v) is 1.66. The Hall–Kier alpha value is -1.49. The van der Waals surface area contributed by atoms with Crippen molar-refractivity contribution in [2.45, 2.75) is 0 Å². The smallest absolute Gasteiger partial charge is 0.214 e. The number of nitrogens with zero attached hydrogens (tertiary/aromatic N) is 1. The van der Waals surface area contributed by atoms with Crippen molar-refractivity contribution < 1.29 is 8.78 Å². The monoisotopic (exact) mass is 284 g/mol. The molecule has 0 spiro atoms. The van der Waals surface area contributed by atoms with Crippen molar-refractivity contribution in [2.24, 2.45) is 0 Å². The van der Waals surface area contributed by atoms with Gasteiger partial charge in [-0.3, -0.25) is 0 Å². The van der Waals surface area contributed by atoms with Crippen molar-refractivity contribution in [1.29, 1.82) is 0 Å². The molecule has 0 amide bonds. The van der Waals surface area contributed by atoms with Crippen LogP contribution in [0.25, 0.3) is 0 Å². The van der Waals surface area contributed by atoms with Crippen LogP contribution in [0.2, 0.25) is 0 Å². The van der Waals surface area contributed by atoms with Gasteiger partial charge in [0.1, 0.15) is 11.6 Å². The van der Waals surface area contributed by atoms with Gasteiger partial charge in [-0.1, -0.05) is 6.07 Å². The molecule has 16 heavy (non-hydrogen) atoms. The number of rotatable bonds is 2. The predicted molar refractivity (Wildman–Crippen MR) is 61.6 cm³/mol. The van der Waals surface area contributed by atoms with Gasteiger partial charge in [0.2, 0.25) is 5.95 Å². The summed E-state index contributed by atoms with van der Waals surface area (Å²) in [6.07, 6.45) is 0. The number of pyridine rings is 1. The van der Waals surface area contributed by atoms with Gasteiger partial charge in [-0.15, -0.1) is 0 Å². The molecule has 0 aliphatic carbocycles. The average molecular weight is 285 g/mol. The molecule has 1 heterocycles. The molecular formula is C11H7BrF2N2. The van der Waals surface area contributed by atoms with Crippen LogP contribution in [0.3, 0.4) is 0 Å². The van der Waals surface area contributed by atoms with Gasteiger partial charge >= 0.3 is 0 Å². The number of anilines is 2. The Morgan fingerprint density at radius 2 is 1.94 bits per heavy atom. The minimum atomic E-state index is -0.566. The molecule has 0 atom stereocenters. The minimum absolute atomic E-state index is 0.343. The van der Waals surface area contributed by atoms with Crippen LogP contribution < -0.4 is 5.32 Å². The van der Waals surface area contributed by atoms with Crippen LogP contribution in [0.1, 0.15) is 0 Å². The Labute approximate surface area is 99.5 Å². The molecule has 1 N–H and O–H groups in total. The number of halogens is 3. The van der Waals surface area contributed by atoms with Crippen LogP contribution in [0.5, 0.6) is 0 Å². The Morgan fingerprint density at radius 1 is 1.12 bits per heavy atom. The Kier molecular flexibility index (Phi) is 3.14. The second kappa shape index (κ2) is 4.57. The lowest BCUT2D eigenvalue weighted by Crippen LogP contribution is -1.95. The standard InChI is InChI=1S/C11H7BrF2N2/c12-8-6-7(13)4-5-9(8)15-11-3-1-2-10(14)16-11/h1-6H,(H,15,16). The molecule has 2 rings (SSSR count). The summed E-state index contributed by atoms with van der Waals surface area (Å²) < 4.78 is 26.2. The van der Waals surface area contributed by atoms with E-state index in [0.717, 1.165) is 0 Å². The van der Waals surface area contributed by atoms with Gasteiger partial charge < -0.3 is 5.32 Å². The summed E-state index contributed by atoms with van der Waals surface area (Å²) in [5.74, 6) is -0.542. The molecule has 0 fully saturated rings. The number of benzene rings is 1. The van der Waals surface area contributed by atoms with Crippen LogP contribution in [0.15, 0.2) is 40.9 Å². The zero-order valence-corrected chi connectivity index (χ0v) is 9.63. The molecule has 0 bridgehead atoms. The third kappa shape index (κ3) is 2.55. The van der Waals surface area contributed by atoms with Gasteiger partial charge in [-0.05, 0) is 46.3 Å². The van der Waals surface area contributed by atoms with Crippen molar-refractivity contribution >= 4 is 27.4 Å². The number of hydrogen-bond acceptors (Lipinski definition) is 2. The maximum atomic E-state index is 12.8. The van der Waals surface area contributed by atoms with E-state index in [1.54, 1.807) is 18.2 Å². The second-order valence-electron chi connectivity index (χ2n) is 3.09. The topological polar surface area (TPSA) is 24.9 Å². The normalized spacial score (nSPS) is 10.2. The highest BCUT2D eigenvalue weighted by Crippen LogP contribution is 2.25. The van der Waals surface area contributed by atoms with E-state index in [2.05, 4.69) is 26.2 Å². The quantitative estimate of drug-likeness (QED) is 0.847. The fourth-order valence-electron chi connectivity index (χ4n) is 1.21. The van der Waals surface area contributed by atoms with Crippen LogP contribution in [-0.4, -0.2) is 4.98 Å². The SMILES string of the molecule is Fc1ccc(Nc2cccc(F)n2)c(Br)c1. The minimum Gasteiger partial charge on any atom is -0.339 e. The first-order valence-electron chi connectivity index (χ1n) is 4.50. The second-order valence-corrected chi connectivity index (χ2v) is 3.95. The lowest BCUT2D eigenvalue weighted by molar-refractivity contribution is 0.585. The molecule has 0 aliphatic rings. The molecule has 2 nitrogen and oxygen atoms in total. The zero-order valence-electron chi connectivity index (χ0n) is 8.05. The van der Waals surface area contributed by atoms with E-state index in [9.17, 15) is 8.78 Å². The number of hydrogen-bond donors (Lipinski definition) is 1. The molecule has 0 saturated carbocycles. The van der Waals surface area contributed by atoms with E-state index < -0.39 is 5.95 Å². The van der Waals surface area contributed by atoms with E-state index in [1.165, 1.54) is 18.2 Å². The molecule has 1 aromatic heterocycles. The number of aromatic nitrogens is 1. The van der Waals surface area contributed by atoms with Crippen molar-refractivity contribution in [1.82, 2.24) is 4.98 Å². The fraction of sp³-hybridized carbons (Fsp3) is 0. The summed E-state index contributed by atoms with van der Waals surface area (Å²) in [6.45, 7) is 0. The van der Waals surface area contributed by atoms with Crippen molar-refractivity contribution in [3.05, 3.63) is 52.6 Å². The first kappa shape index (κ1) is 11.0. The molecule has 0 radical (unpaired) electrons. The summed E-state index contributed by atoms with van der Waals surface area (Å²) in [4.78, 5) is 3.64. The lowest BCUT2D eigenvalue weighted by Gasteiger charge is -2.07. The summed E-state index contributed by atoms with van der Waals surface area (Å²) in [7, 11) is 0. The molecule has 2 aromatic rings. The Balaban J connectivity index is 2.27. The van der Waals surface area contributed by atoms with Gasteiger partial charge in [0.15, 0.2) is 0 Å². The van der Waals surface area contributed by atoms with E-state index in [0.29, 0.717) is 16.0 Å². The third-order valence-electron chi connectivity index (χ3n) is 1.91. The summed E-state index contributed by atoms with van der Waals surface area (Å²) >= 11 is 3.20. The summed E-state index contributed by atoms with van der Waals surface area (Å²) in [5.41, 5.74) is 0.625. The zero-order chi connectivity index (χ0) is 11.5. The molecule has 82 valence electrons. The van der Waals surface area contributed by atoms with E-state index >= 15 is 0 Å². The summed E-state index contributed by atoms with van der Waals surface area (Å²) in [6, 6.07) is 8.60. The predicted octanol–water partition coefficient (Wildman–Crippen LogP) is 3.87. The Morgan fingerprint density at radius 3 is 2.62 bits per heavy atom. The van der Waals surface area contributed by atoms with Crippen molar-refractivity contribution in [3.8, 4) is 0 Å². The maximum absolute atomic E-state index is 12.8. The highest BCUT2D eigenvalue weighted by molar-refractivity contribution is 9.10.